The highest BCUT2D eigenvalue weighted by atomic mass is 16.6. The molecule has 1 spiro atoms. The lowest BCUT2D eigenvalue weighted by molar-refractivity contribution is -0.188. The summed E-state index contributed by atoms with van der Waals surface area (Å²) in [6, 6.07) is 29.3. The highest BCUT2D eigenvalue weighted by Gasteiger charge is 2.74. The van der Waals surface area contributed by atoms with Crippen molar-refractivity contribution in [1.82, 2.24) is 0 Å². The fourth-order valence-electron chi connectivity index (χ4n) is 11.9. The first-order valence-electron chi connectivity index (χ1n) is 22.2. The number of hydrogen-bond donors (Lipinski definition) is 0. The Morgan fingerprint density at radius 3 is 1.62 bits per heavy atom. The average molecular weight is 815 g/mol. The molecule has 0 unspecified atom stereocenters. The number of carbonyl (C=O) groups excluding carboxylic acids is 4. The third-order valence-corrected chi connectivity index (χ3v) is 15.7. The lowest BCUT2D eigenvalue weighted by Crippen LogP contribution is -2.51. The summed E-state index contributed by atoms with van der Waals surface area (Å²) in [5.41, 5.74) is -1.82. The van der Waals surface area contributed by atoms with Gasteiger partial charge in [-0.1, -0.05) is 140 Å². The lowest BCUT2D eigenvalue weighted by atomic mass is 9.64. The molecule has 9 atom stereocenters. The van der Waals surface area contributed by atoms with Gasteiger partial charge in [-0.2, -0.15) is 0 Å². The first-order valence-corrected chi connectivity index (χ1v) is 22.2. The minimum Gasteiger partial charge on any atom is -0.461 e. The normalized spacial score (nSPS) is 32.4. The van der Waals surface area contributed by atoms with Gasteiger partial charge < -0.3 is 18.9 Å². The fourth-order valence-corrected chi connectivity index (χ4v) is 11.9. The topological polar surface area (TPSA) is 105 Å². The van der Waals surface area contributed by atoms with Crippen molar-refractivity contribution >= 4 is 23.7 Å². The predicted octanol–water partition coefficient (Wildman–Crippen LogP) is 10.3. The molecule has 0 radical (unpaired) electrons. The molecule has 3 aromatic rings. The van der Waals surface area contributed by atoms with Crippen LogP contribution in [0.2, 0.25) is 0 Å². The van der Waals surface area contributed by atoms with Crippen LogP contribution in [-0.2, 0) is 44.2 Å². The SMILES string of the molecule is C[C@@H]1CC[C@@H](C(C)(C)c2ccccc2)[C@H](OC(=O)C2(C(=O)O[C@@H]3C[C@H](C)CC[C@H]3C(C)(C)c3ccccc3)C[C@@]3(C)C[C@H]4O[C@@]3(C=C(OC(=O)c3ccccc3)C4=O)C2)C1. The smallest absolute Gasteiger partial charge is 0.343 e. The number of esters is 3. The van der Waals surface area contributed by atoms with Crippen LogP contribution in [0.15, 0.2) is 103 Å². The van der Waals surface area contributed by atoms with E-state index in [0.29, 0.717) is 30.2 Å². The van der Waals surface area contributed by atoms with E-state index < -0.39 is 58.4 Å². The van der Waals surface area contributed by atoms with E-state index >= 15 is 9.59 Å². The van der Waals surface area contributed by atoms with Gasteiger partial charge in [-0.3, -0.25) is 14.4 Å². The third kappa shape index (κ3) is 7.35. The van der Waals surface area contributed by atoms with Gasteiger partial charge in [0, 0.05) is 23.7 Å². The molecule has 60 heavy (non-hydrogen) atoms. The number of hydrogen-bond acceptors (Lipinski definition) is 8. The number of rotatable bonds is 10. The number of ketones is 1. The van der Waals surface area contributed by atoms with E-state index in [1.165, 1.54) is 11.1 Å². The molecule has 3 aromatic carbocycles. The van der Waals surface area contributed by atoms with Crippen molar-refractivity contribution < 1.29 is 38.1 Å². The van der Waals surface area contributed by atoms with Gasteiger partial charge in [0.25, 0.3) is 0 Å². The minimum absolute atomic E-state index is 0.00912. The second kappa shape index (κ2) is 15.7. The Bertz CT molecular complexity index is 2030. The molecular weight excluding hydrogens is 753 g/mol. The van der Waals surface area contributed by atoms with Gasteiger partial charge in [0.05, 0.1) is 11.2 Å². The van der Waals surface area contributed by atoms with Gasteiger partial charge >= 0.3 is 17.9 Å². The Morgan fingerprint density at radius 2 is 1.13 bits per heavy atom. The molecule has 1 saturated heterocycles. The van der Waals surface area contributed by atoms with Gasteiger partial charge in [-0.25, -0.2) is 4.79 Å². The standard InChI is InChI=1S/C52H62O8/c1-33-23-25-38(48(3,4)36-19-13-9-14-20-36)40(27-33)58-46(55)51(47(56)59-41-28-34(2)24-26-39(41)49(5,6)37-21-15-10-16-22-37)31-50(7)29-43-44(53)42(30-52(50,32-51)60-43)57-45(54)35-17-11-8-12-18-35/h8-22,30,33-34,38-41,43H,23-29,31-32H2,1-7H3/t33-,34-,38-,39-,40-,41-,43-,50-,52+/m1/s1. The quantitative estimate of drug-likeness (QED) is 0.113. The van der Waals surface area contributed by atoms with Crippen molar-refractivity contribution in [2.24, 2.45) is 34.5 Å². The fraction of sp³-hybridized carbons (Fsp3) is 0.538. The van der Waals surface area contributed by atoms with E-state index in [-0.39, 0.29) is 47.7 Å². The van der Waals surface area contributed by atoms with Crippen molar-refractivity contribution in [2.75, 3.05) is 0 Å². The summed E-state index contributed by atoms with van der Waals surface area (Å²) in [5, 5.41) is 0. The van der Waals surface area contributed by atoms with Crippen molar-refractivity contribution in [3.63, 3.8) is 0 Å². The first-order chi connectivity index (χ1) is 28.5. The molecule has 8 nitrogen and oxygen atoms in total. The summed E-state index contributed by atoms with van der Waals surface area (Å²) in [6.45, 7) is 15.3. The summed E-state index contributed by atoms with van der Waals surface area (Å²) < 4.78 is 26.1. The zero-order chi connectivity index (χ0) is 42.7. The number of carbonyl (C=O) groups is 4. The van der Waals surface area contributed by atoms with Gasteiger partial charge in [0.1, 0.15) is 18.3 Å². The molecule has 3 saturated carbocycles. The second-order valence-corrected chi connectivity index (χ2v) is 20.4. The Kier molecular flexibility index (Phi) is 11.0. The molecule has 0 amide bonds. The molecule has 0 N–H and O–H groups in total. The first kappa shape index (κ1) is 42.1. The van der Waals surface area contributed by atoms with Crippen molar-refractivity contribution in [1.29, 1.82) is 0 Å². The Morgan fingerprint density at radius 1 is 0.667 bits per heavy atom. The number of fused-ring (bicyclic) bond motifs is 1. The monoisotopic (exact) mass is 814 g/mol. The molecule has 2 heterocycles. The van der Waals surface area contributed by atoms with Gasteiger partial charge in [0.2, 0.25) is 5.78 Å². The molecule has 3 aliphatic carbocycles. The lowest BCUT2D eigenvalue weighted by Gasteiger charge is -2.46. The van der Waals surface area contributed by atoms with Crippen LogP contribution in [0.4, 0.5) is 0 Å². The molecular formula is C52H62O8. The Hall–Kier alpha value is -4.56. The van der Waals surface area contributed by atoms with Crippen LogP contribution in [0.25, 0.3) is 0 Å². The van der Waals surface area contributed by atoms with Crippen molar-refractivity contribution in [3.8, 4) is 0 Å². The molecule has 8 rings (SSSR count). The zero-order valence-corrected chi connectivity index (χ0v) is 36.4. The van der Waals surface area contributed by atoms with E-state index in [9.17, 15) is 9.59 Å². The van der Waals surface area contributed by atoms with Crippen LogP contribution in [-0.4, -0.2) is 47.6 Å². The van der Waals surface area contributed by atoms with E-state index in [2.05, 4.69) is 65.8 Å². The molecule has 2 aliphatic heterocycles. The number of ether oxygens (including phenoxy) is 4. The van der Waals surface area contributed by atoms with Crippen LogP contribution < -0.4 is 0 Å². The van der Waals surface area contributed by atoms with E-state index in [0.717, 1.165) is 25.7 Å². The van der Waals surface area contributed by atoms with Gasteiger partial charge in [0.15, 0.2) is 11.2 Å². The van der Waals surface area contributed by atoms with Crippen LogP contribution in [0.3, 0.4) is 0 Å². The van der Waals surface area contributed by atoms with Gasteiger partial charge in [-0.15, -0.1) is 0 Å². The highest BCUT2D eigenvalue weighted by Crippen LogP contribution is 2.67. The summed E-state index contributed by atoms with van der Waals surface area (Å²) in [6.07, 6.45) is 5.20. The highest BCUT2D eigenvalue weighted by molar-refractivity contribution is 6.04. The summed E-state index contributed by atoms with van der Waals surface area (Å²) in [7, 11) is 0. The maximum absolute atomic E-state index is 15.5. The predicted molar refractivity (Wildman–Crippen MR) is 229 cm³/mol. The largest absolute Gasteiger partial charge is 0.461 e. The third-order valence-electron chi connectivity index (χ3n) is 15.7. The van der Waals surface area contributed by atoms with E-state index in [1.54, 1.807) is 36.4 Å². The van der Waals surface area contributed by atoms with E-state index in [1.807, 2.05) is 43.3 Å². The van der Waals surface area contributed by atoms with Crippen LogP contribution >= 0.6 is 0 Å². The molecule has 318 valence electrons. The second-order valence-electron chi connectivity index (χ2n) is 20.4. The molecule has 5 aliphatic rings. The molecule has 0 aromatic heterocycles. The van der Waals surface area contributed by atoms with Crippen LogP contribution in [0.5, 0.6) is 0 Å². The summed E-state index contributed by atoms with van der Waals surface area (Å²) in [4.78, 5) is 58.1. The van der Waals surface area contributed by atoms with Crippen LogP contribution in [0.1, 0.15) is 128 Å². The Labute approximate surface area is 355 Å². The number of Topliss-reactive ketones (excluding diaryl/α,β-unsaturated/α-hetero) is 1. The maximum atomic E-state index is 15.5. The Balaban J connectivity index is 1.17. The minimum atomic E-state index is -1.74. The van der Waals surface area contributed by atoms with Crippen molar-refractivity contribution in [2.45, 2.75) is 141 Å². The van der Waals surface area contributed by atoms with E-state index in [4.69, 9.17) is 18.9 Å². The molecule has 2 bridgehead atoms. The molecule has 4 fully saturated rings. The number of benzene rings is 3. The maximum Gasteiger partial charge on any atom is 0.343 e. The zero-order valence-electron chi connectivity index (χ0n) is 36.4. The summed E-state index contributed by atoms with van der Waals surface area (Å²) in [5.74, 6) is -1.70. The van der Waals surface area contributed by atoms with Gasteiger partial charge in [-0.05, 0) is 90.5 Å². The average Bonchev–Trinajstić information content (AvgIpc) is 3.62. The summed E-state index contributed by atoms with van der Waals surface area (Å²) >= 11 is 0. The molecule has 8 heteroatoms. The van der Waals surface area contributed by atoms with Crippen LogP contribution in [0, 0.1) is 34.5 Å². The van der Waals surface area contributed by atoms with Crippen molar-refractivity contribution in [3.05, 3.63) is 120 Å².